The van der Waals surface area contributed by atoms with Crippen LogP contribution in [0.1, 0.15) is 13.3 Å². The third-order valence-corrected chi connectivity index (χ3v) is 2.07. The van der Waals surface area contributed by atoms with E-state index in [1.807, 2.05) is 25.2 Å². The molecule has 2 N–H and O–H groups in total. The normalized spacial score (nSPS) is 35.2. The summed E-state index contributed by atoms with van der Waals surface area (Å²) in [5.74, 6) is 0.164. The summed E-state index contributed by atoms with van der Waals surface area (Å²) in [5, 5.41) is 8.79. The van der Waals surface area contributed by atoms with Gasteiger partial charge >= 0.3 is 0 Å². The second-order valence-corrected chi connectivity index (χ2v) is 2.80. The van der Waals surface area contributed by atoms with E-state index in [2.05, 4.69) is 6.07 Å². The Morgan fingerprint density at radius 1 is 1.64 bits per heavy atom. The Morgan fingerprint density at radius 2 is 2.36 bits per heavy atom. The molecule has 0 fully saturated rings. The average Bonchev–Trinajstić information content (AvgIpc) is 2.05. The smallest absolute Gasteiger partial charge is 0.129 e. The second-order valence-electron chi connectivity index (χ2n) is 2.80. The zero-order chi connectivity index (χ0) is 8.32. The molecule has 1 aliphatic carbocycles. The van der Waals surface area contributed by atoms with Gasteiger partial charge in [0.15, 0.2) is 0 Å². The number of rotatable bonds is 1. The number of hydrogen-bond donors (Lipinski definition) is 1. The van der Waals surface area contributed by atoms with Crippen LogP contribution in [0.15, 0.2) is 24.3 Å². The Hall–Kier alpha value is -1.07. The number of allylic oxidation sites excluding steroid dienone is 2. The Bertz CT molecular complexity index is 234. The van der Waals surface area contributed by atoms with Crippen molar-refractivity contribution >= 4 is 0 Å². The lowest BCUT2D eigenvalue weighted by atomic mass is 9.81. The fraction of sp³-hybridized carbons (Fsp3) is 0.444. The van der Waals surface area contributed by atoms with Crippen LogP contribution in [0.3, 0.4) is 0 Å². The summed E-state index contributed by atoms with van der Waals surface area (Å²) in [5.41, 5.74) is 5.04. The first-order valence-electron chi connectivity index (χ1n) is 3.79. The van der Waals surface area contributed by atoms with E-state index in [4.69, 9.17) is 11.0 Å². The lowest BCUT2D eigenvalue weighted by Gasteiger charge is -2.26. The second kappa shape index (κ2) is 2.89. The van der Waals surface area contributed by atoms with Crippen molar-refractivity contribution < 1.29 is 0 Å². The molecule has 11 heavy (non-hydrogen) atoms. The van der Waals surface area contributed by atoms with Crippen LogP contribution in [0.4, 0.5) is 0 Å². The lowest BCUT2D eigenvalue weighted by Crippen LogP contribution is -2.43. The van der Waals surface area contributed by atoms with E-state index in [1.54, 1.807) is 6.08 Å². The highest BCUT2D eigenvalue weighted by Gasteiger charge is 2.30. The van der Waals surface area contributed by atoms with Crippen molar-refractivity contribution in [3.63, 3.8) is 0 Å². The van der Waals surface area contributed by atoms with E-state index >= 15 is 0 Å². The van der Waals surface area contributed by atoms with Gasteiger partial charge < -0.3 is 5.73 Å². The molecule has 2 unspecified atom stereocenters. The molecule has 0 amide bonds. The molecule has 0 radical (unpaired) electrons. The SMILES string of the molecule is CCC1C=CC=CC1(N)C#N. The van der Waals surface area contributed by atoms with Gasteiger partial charge in [0.1, 0.15) is 5.54 Å². The van der Waals surface area contributed by atoms with Gasteiger partial charge in [-0.25, -0.2) is 0 Å². The maximum atomic E-state index is 8.79. The number of nitrogens with two attached hydrogens (primary N) is 1. The van der Waals surface area contributed by atoms with Crippen LogP contribution in [0.25, 0.3) is 0 Å². The number of nitrogens with zero attached hydrogens (tertiary/aromatic N) is 1. The third kappa shape index (κ3) is 1.33. The van der Waals surface area contributed by atoms with Gasteiger partial charge in [-0.15, -0.1) is 0 Å². The summed E-state index contributed by atoms with van der Waals surface area (Å²) in [7, 11) is 0. The monoisotopic (exact) mass is 148 g/mol. The molecule has 2 atom stereocenters. The molecule has 0 heterocycles. The minimum absolute atomic E-state index is 0.164. The molecule has 0 aromatic carbocycles. The maximum absolute atomic E-state index is 8.79. The molecule has 1 rings (SSSR count). The summed E-state index contributed by atoms with van der Waals surface area (Å²) in [6.45, 7) is 2.03. The van der Waals surface area contributed by atoms with E-state index < -0.39 is 5.54 Å². The largest absolute Gasteiger partial charge is 0.310 e. The van der Waals surface area contributed by atoms with Crippen molar-refractivity contribution in [3.8, 4) is 6.07 Å². The summed E-state index contributed by atoms with van der Waals surface area (Å²) >= 11 is 0. The molecule has 2 nitrogen and oxygen atoms in total. The van der Waals surface area contributed by atoms with E-state index in [1.165, 1.54) is 0 Å². The Kier molecular flexibility index (Phi) is 2.11. The molecule has 0 aliphatic heterocycles. The molecule has 0 saturated heterocycles. The van der Waals surface area contributed by atoms with E-state index in [0.717, 1.165) is 6.42 Å². The molecule has 0 spiro atoms. The molecule has 58 valence electrons. The highest BCUT2D eigenvalue weighted by Crippen LogP contribution is 2.23. The van der Waals surface area contributed by atoms with Crippen LogP contribution >= 0.6 is 0 Å². The highest BCUT2D eigenvalue weighted by molar-refractivity contribution is 5.31. The van der Waals surface area contributed by atoms with Crippen LogP contribution in [-0.2, 0) is 0 Å². The van der Waals surface area contributed by atoms with Crippen molar-refractivity contribution in [1.29, 1.82) is 5.26 Å². The summed E-state index contributed by atoms with van der Waals surface area (Å²) < 4.78 is 0. The van der Waals surface area contributed by atoms with Gasteiger partial charge in [-0.3, -0.25) is 0 Å². The standard InChI is InChI=1S/C9H12N2/c1-2-8-5-3-4-6-9(8,11)7-10/h3-6,8H,2,11H2,1H3. The van der Waals surface area contributed by atoms with Gasteiger partial charge in [0, 0.05) is 5.92 Å². The molecular weight excluding hydrogens is 136 g/mol. The average molecular weight is 148 g/mol. The van der Waals surface area contributed by atoms with E-state index in [9.17, 15) is 0 Å². The van der Waals surface area contributed by atoms with Gasteiger partial charge in [-0.05, 0) is 12.5 Å². The molecular formula is C9H12N2. The fourth-order valence-corrected chi connectivity index (χ4v) is 1.29. The van der Waals surface area contributed by atoms with Crippen LogP contribution in [0, 0.1) is 17.2 Å². The van der Waals surface area contributed by atoms with Gasteiger partial charge in [0.05, 0.1) is 6.07 Å². The number of nitriles is 1. The van der Waals surface area contributed by atoms with Crippen molar-refractivity contribution in [2.45, 2.75) is 18.9 Å². The van der Waals surface area contributed by atoms with Gasteiger partial charge in [-0.1, -0.05) is 25.2 Å². The molecule has 0 aromatic rings. The topological polar surface area (TPSA) is 49.8 Å². The first-order valence-corrected chi connectivity index (χ1v) is 3.79. The van der Waals surface area contributed by atoms with Crippen molar-refractivity contribution in [1.82, 2.24) is 0 Å². The summed E-state index contributed by atoms with van der Waals surface area (Å²) in [6.07, 6.45) is 8.43. The zero-order valence-electron chi connectivity index (χ0n) is 6.62. The Labute approximate surface area is 67.0 Å². The Morgan fingerprint density at radius 3 is 2.82 bits per heavy atom. The van der Waals surface area contributed by atoms with Crippen LogP contribution in [0.2, 0.25) is 0 Å². The molecule has 1 aliphatic rings. The van der Waals surface area contributed by atoms with Gasteiger partial charge in [-0.2, -0.15) is 5.26 Å². The predicted molar refractivity (Wildman–Crippen MR) is 44.6 cm³/mol. The van der Waals surface area contributed by atoms with Crippen LogP contribution in [0.5, 0.6) is 0 Å². The molecule has 0 saturated carbocycles. The maximum Gasteiger partial charge on any atom is 0.129 e. The molecule has 0 bridgehead atoms. The summed E-state index contributed by atoms with van der Waals surface area (Å²) in [4.78, 5) is 0. The Balaban J connectivity index is 2.88. The third-order valence-electron chi connectivity index (χ3n) is 2.07. The van der Waals surface area contributed by atoms with Gasteiger partial charge in [0.25, 0.3) is 0 Å². The highest BCUT2D eigenvalue weighted by atomic mass is 14.7. The van der Waals surface area contributed by atoms with Gasteiger partial charge in [0.2, 0.25) is 0 Å². The van der Waals surface area contributed by atoms with E-state index in [-0.39, 0.29) is 5.92 Å². The van der Waals surface area contributed by atoms with Crippen molar-refractivity contribution in [2.75, 3.05) is 0 Å². The predicted octanol–water partition coefficient (Wildman–Crippen LogP) is 1.36. The van der Waals surface area contributed by atoms with Crippen molar-refractivity contribution in [2.24, 2.45) is 11.7 Å². The molecule has 2 heteroatoms. The fourth-order valence-electron chi connectivity index (χ4n) is 1.29. The number of hydrogen-bond acceptors (Lipinski definition) is 2. The minimum Gasteiger partial charge on any atom is -0.310 e. The first kappa shape index (κ1) is 8.03. The van der Waals surface area contributed by atoms with E-state index in [0.29, 0.717) is 0 Å². The quantitative estimate of drug-likeness (QED) is 0.610. The summed E-state index contributed by atoms with van der Waals surface area (Å²) in [6, 6.07) is 2.12. The van der Waals surface area contributed by atoms with Crippen LogP contribution < -0.4 is 5.73 Å². The van der Waals surface area contributed by atoms with Crippen molar-refractivity contribution in [3.05, 3.63) is 24.3 Å². The lowest BCUT2D eigenvalue weighted by molar-refractivity contribution is 0.466. The first-order chi connectivity index (χ1) is 5.23. The zero-order valence-corrected chi connectivity index (χ0v) is 6.62. The minimum atomic E-state index is -0.774. The van der Waals surface area contributed by atoms with Crippen LogP contribution in [-0.4, -0.2) is 5.54 Å². The molecule has 0 aromatic heterocycles.